The molecular formula is C28H38F2N2OS. The van der Waals surface area contributed by atoms with Crippen molar-refractivity contribution in [2.75, 3.05) is 6.54 Å². The highest BCUT2D eigenvalue weighted by Crippen LogP contribution is 2.35. The zero-order valence-electron chi connectivity index (χ0n) is 20.6. The fourth-order valence-electron chi connectivity index (χ4n) is 5.17. The lowest BCUT2D eigenvalue weighted by atomic mass is 9.80. The zero-order valence-corrected chi connectivity index (χ0v) is 21.5. The first kappa shape index (κ1) is 26.7. The number of carbonyl (C=O) groups excluding carboxylic acids is 1. The van der Waals surface area contributed by atoms with E-state index in [1.807, 2.05) is 0 Å². The lowest BCUT2D eigenvalue weighted by Gasteiger charge is -2.32. The smallest absolute Gasteiger partial charge is 0.217 e. The van der Waals surface area contributed by atoms with Crippen molar-refractivity contribution < 1.29 is 13.6 Å². The molecule has 1 aliphatic carbocycles. The van der Waals surface area contributed by atoms with Crippen molar-refractivity contribution in [1.82, 2.24) is 10.6 Å². The molecule has 3 atom stereocenters. The van der Waals surface area contributed by atoms with E-state index in [2.05, 4.69) is 36.6 Å². The quantitative estimate of drug-likeness (QED) is 0.346. The van der Waals surface area contributed by atoms with Gasteiger partial charge in [-0.15, -0.1) is 0 Å². The van der Waals surface area contributed by atoms with Crippen LogP contribution in [0.3, 0.4) is 0 Å². The average Bonchev–Trinajstić information content (AvgIpc) is 2.79. The number of thiol groups is 1. The number of rotatable bonds is 11. The van der Waals surface area contributed by atoms with Crippen molar-refractivity contribution in [3.8, 4) is 0 Å². The monoisotopic (exact) mass is 488 g/mol. The van der Waals surface area contributed by atoms with Crippen molar-refractivity contribution in [2.45, 2.75) is 89.5 Å². The van der Waals surface area contributed by atoms with E-state index in [0.29, 0.717) is 18.5 Å². The van der Waals surface area contributed by atoms with Crippen LogP contribution in [0.4, 0.5) is 8.78 Å². The summed E-state index contributed by atoms with van der Waals surface area (Å²) in [5.41, 5.74) is 6.35. The highest BCUT2D eigenvalue weighted by Gasteiger charge is 2.27. The number of hydrogen-bond donors (Lipinski definition) is 3. The van der Waals surface area contributed by atoms with Crippen LogP contribution in [0.25, 0.3) is 0 Å². The van der Waals surface area contributed by atoms with Crippen molar-refractivity contribution in [3.63, 3.8) is 0 Å². The van der Waals surface area contributed by atoms with Gasteiger partial charge in [-0.2, -0.15) is 12.6 Å². The Balaban J connectivity index is 1.77. The van der Waals surface area contributed by atoms with Crippen LogP contribution >= 0.6 is 12.6 Å². The minimum atomic E-state index is -0.615. The van der Waals surface area contributed by atoms with E-state index in [1.54, 1.807) is 0 Å². The van der Waals surface area contributed by atoms with Gasteiger partial charge in [0.25, 0.3) is 0 Å². The van der Waals surface area contributed by atoms with Gasteiger partial charge in [0.2, 0.25) is 5.91 Å². The lowest BCUT2D eigenvalue weighted by Crippen LogP contribution is -2.46. The molecule has 186 valence electrons. The van der Waals surface area contributed by atoms with Gasteiger partial charge >= 0.3 is 0 Å². The summed E-state index contributed by atoms with van der Waals surface area (Å²) < 4.78 is 27.4. The first-order chi connectivity index (χ1) is 16.3. The molecule has 0 heterocycles. The Kier molecular flexibility index (Phi) is 9.96. The van der Waals surface area contributed by atoms with Crippen molar-refractivity contribution in [2.24, 2.45) is 0 Å². The maximum atomic E-state index is 13.7. The molecular weight excluding hydrogens is 450 g/mol. The molecule has 0 aromatic heterocycles. The van der Waals surface area contributed by atoms with Crippen LogP contribution in [0.1, 0.15) is 80.3 Å². The van der Waals surface area contributed by atoms with Gasteiger partial charge in [-0.3, -0.25) is 4.79 Å². The Morgan fingerprint density at radius 2 is 1.91 bits per heavy atom. The van der Waals surface area contributed by atoms with Gasteiger partial charge in [-0.05, 0) is 84.9 Å². The van der Waals surface area contributed by atoms with Gasteiger partial charge in [0.15, 0.2) is 0 Å². The summed E-state index contributed by atoms with van der Waals surface area (Å²) >= 11 is 4.81. The summed E-state index contributed by atoms with van der Waals surface area (Å²) in [5, 5.41) is 6.45. The van der Waals surface area contributed by atoms with E-state index in [-0.39, 0.29) is 23.2 Å². The highest BCUT2D eigenvalue weighted by atomic mass is 32.1. The van der Waals surface area contributed by atoms with Crippen LogP contribution in [0.5, 0.6) is 0 Å². The molecule has 0 bridgehead atoms. The predicted octanol–water partition coefficient (Wildman–Crippen LogP) is 5.88. The summed E-state index contributed by atoms with van der Waals surface area (Å²) in [6.45, 7) is 6.49. The number of hydrogen-bond acceptors (Lipinski definition) is 3. The molecule has 2 N–H and O–H groups in total. The average molecular weight is 489 g/mol. The molecule has 34 heavy (non-hydrogen) atoms. The zero-order chi connectivity index (χ0) is 24.7. The predicted molar refractivity (Wildman–Crippen MR) is 139 cm³/mol. The Morgan fingerprint density at radius 1 is 1.18 bits per heavy atom. The Labute approximate surface area is 208 Å². The van der Waals surface area contributed by atoms with Crippen LogP contribution < -0.4 is 10.6 Å². The first-order valence-electron chi connectivity index (χ1n) is 12.6. The van der Waals surface area contributed by atoms with E-state index in [4.69, 9.17) is 12.6 Å². The van der Waals surface area contributed by atoms with E-state index >= 15 is 0 Å². The molecule has 2 unspecified atom stereocenters. The maximum Gasteiger partial charge on any atom is 0.217 e. The normalized spacial score (nSPS) is 17.2. The topological polar surface area (TPSA) is 41.1 Å². The summed E-state index contributed by atoms with van der Waals surface area (Å²) in [5.74, 6) is -1.41. The van der Waals surface area contributed by atoms with Crippen molar-refractivity contribution in [1.29, 1.82) is 0 Å². The van der Waals surface area contributed by atoms with E-state index in [0.717, 1.165) is 38.2 Å². The number of carbonyl (C=O) groups is 1. The summed E-state index contributed by atoms with van der Waals surface area (Å²) in [7, 11) is 0. The van der Waals surface area contributed by atoms with Crippen LogP contribution in [0, 0.1) is 11.6 Å². The number of benzene rings is 2. The summed E-state index contributed by atoms with van der Waals surface area (Å²) in [4.78, 5) is 11.9. The van der Waals surface area contributed by atoms with Gasteiger partial charge in [-0.25, -0.2) is 8.78 Å². The summed E-state index contributed by atoms with van der Waals surface area (Å²) in [6, 6.07) is 8.00. The fourth-order valence-corrected chi connectivity index (χ4v) is 5.45. The van der Waals surface area contributed by atoms with Crippen LogP contribution in [-0.4, -0.2) is 23.7 Å². The number of amides is 1. The highest BCUT2D eigenvalue weighted by molar-refractivity contribution is 7.81. The van der Waals surface area contributed by atoms with Crippen LogP contribution in [0.2, 0.25) is 0 Å². The van der Waals surface area contributed by atoms with Gasteiger partial charge in [0.1, 0.15) is 11.6 Å². The third kappa shape index (κ3) is 7.05. The minimum absolute atomic E-state index is 0.182. The van der Waals surface area contributed by atoms with Gasteiger partial charge in [0, 0.05) is 36.9 Å². The van der Waals surface area contributed by atoms with E-state index < -0.39 is 11.6 Å². The Hall–Kier alpha value is -1.92. The van der Waals surface area contributed by atoms with Gasteiger partial charge in [0.05, 0.1) is 0 Å². The Morgan fingerprint density at radius 3 is 2.56 bits per heavy atom. The molecule has 2 aromatic rings. The molecule has 0 saturated heterocycles. The maximum absolute atomic E-state index is 13.7. The third-order valence-corrected chi connectivity index (χ3v) is 7.34. The standard InChI is InChI=1S/C28H38F2N2OS/c1-4-6-9-24-20(5-2)11-12-21-8-7-10-25(28(21)24)31-17-27(34)26(32-18(3)33)15-19-13-22(29)16-23(30)14-19/h11-14,16,25-27,31,34H,4-10,15,17H2,1-3H3,(H,32,33)/t25?,26?,27-/m1/s1. The van der Waals surface area contributed by atoms with Crippen LogP contribution in [0.15, 0.2) is 30.3 Å². The van der Waals surface area contributed by atoms with Gasteiger partial charge < -0.3 is 10.6 Å². The Bertz CT molecular complexity index is 961. The second-order valence-corrected chi connectivity index (χ2v) is 10.1. The molecule has 0 aliphatic heterocycles. The molecule has 0 saturated carbocycles. The third-order valence-electron chi connectivity index (χ3n) is 6.80. The molecule has 1 aliphatic rings. The second kappa shape index (κ2) is 12.7. The molecule has 0 spiro atoms. The molecule has 0 radical (unpaired) electrons. The van der Waals surface area contributed by atoms with Crippen LogP contribution in [-0.2, 0) is 30.5 Å². The first-order valence-corrected chi connectivity index (χ1v) is 13.1. The largest absolute Gasteiger partial charge is 0.352 e. The minimum Gasteiger partial charge on any atom is -0.352 e. The molecule has 1 amide bonds. The fraction of sp³-hybridized carbons (Fsp3) is 0.536. The van der Waals surface area contributed by atoms with Crippen molar-refractivity contribution >= 4 is 18.5 Å². The second-order valence-electron chi connectivity index (χ2n) is 9.44. The lowest BCUT2D eigenvalue weighted by molar-refractivity contribution is -0.119. The molecule has 0 fully saturated rings. The molecule has 3 rings (SSSR count). The number of aryl methyl sites for hydroxylation is 2. The number of unbranched alkanes of at least 4 members (excludes halogenated alkanes) is 1. The summed E-state index contributed by atoms with van der Waals surface area (Å²) in [6.07, 6.45) is 8.11. The SMILES string of the molecule is CCCCc1c(CC)ccc2c1C(NC[C@@H](S)C(Cc1cc(F)cc(F)c1)NC(C)=O)CCC2. The number of fused-ring (bicyclic) bond motifs is 1. The molecule has 3 nitrogen and oxygen atoms in total. The van der Waals surface area contributed by atoms with E-state index in [9.17, 15) is 13.6 Å². The number of nitrogens with one attached hydrogen (secondary N) is 2. The van der Waals surface area contributed by atoms with Gasteiger partial charge in [-0.1, -0.05) is 32.4 Å². The molecule has 6 heteroatoms. The molecule has 2 aromatic carbocycles. The number of halogens is 2. The van der Waals surface area contributed by atoms with E-state index in [1.165, 1.54) is 54.2 Å². The van der Waals surface area contributed by atoms with Crippen molar-refractivity contribution in [3.05, 3.63) is 69.8 Å².